The van der Waals surface area contributed by atoms with Gasteiger partial charge in [-0.05, 0) is 54.7 Å². The molecule has 1 fully saturated rings. The number of furan rings is 1. The third-order valence-electron chi connectivity index (χ3n) is 7.56. The molecule has 0 aliphatic heterocycles. The maximum atomic E-state index is 13.0. The highest BCUT2D eigenvalue weighted by atomic mass is 35.5. The van der Waals surface area contributed by atoms with Gasteiger partial charge < -0.3 is 13.9 Å². The Balaban J connectivity index is 1.25. The van der Waals surface area contributed by atoms with Gasteiger partial charge in [-0.25, -0.2) is 9.78 Å². The number of anilines is 1. The van der Waals surface area contributed by atoms with Crippen molar-refractivity contribution in [2.24, 2.45) is 0 Å². The van der Waals surface area contributed by atoms with Gasteiger partial charge in [0.25, 0.3) is 0 Å². The van der Waals surface area contributed by atoms with E-state index in [0.29, 0.717) is 33.1 Å². The lowest BCUT2D eigenvalue weighted by Crippen LogP contribution is -2.21. The van der Waals surface area contributed by atoms with Crippen LogP contribution in [0.4, 0.5) is 10.5 Å². The Labute approximate surface area is 242 Å². The molecule has 1 N–H and O–H groups in total. The van der Waals surface area contributed by atoms with Crippen molar-refractivity contribution in [3.8, 4) is 22.5 Å². The minimum atomic E-state index is -0.637. The molecule has 1 amide bonds. The summed E-state index contributed by atoms with van der Waals surface area (Å²) in [5.74, 6) is 0.290. The van der Waals surface area contributed by atoms with Crippen molar-refractivity contribution in [3.05, 3.63) is 107 Å². The van der Waals surface area contributed by atoms with Crippen LogP contribution >= 0.6 is 11.6 Å². The van der Waals surface area contributed by atoms with Crippen LogP contribution in [0.3, 0.4) is 0 Å². The Morgan fingerprint density at radius 3 is 2.24 bits per heavy atom. The number of nitrogens with zero attached hydrogens (tertiary/aromatic N) is 1. The zero-order valence-corrected chi connectivity index (χ0v) is 23.3. The number of esters is 1. The first-order valence-electron chi connectivity index (χ1n) is 13.3. The predicted molar refractivity (Wildman–Crippen MR) is 158 cm³/mol. The lowest BCUT2D eigenvalue weighted by Gasteiger charge is -2.15. The predicted octanol–water partition coefficient (Wildman–Crippen LogP) is 8.33. The number of halogens is 1. The zero-order chi connectivity index (χ0) is 28.6. The highest BCUT2D eigenvalue weighted by Crippen LogP contribution is 2.49. The maximum absolute atomic E-state index is 13.0. The number of hydrogen-bond acceptors (Lipinski definition) is 6. The molecule has 5 aromatic rings. The molecule has 1 saturated carbocycles. The largest absolute Gasteiger partial charge is 0.468 e. The van der Waals surface area contributed by atoms with E-state index in [4.69, 9.17) is 25.5 Å². The van der Waals surface area contributed by atoms with E-state index in [-0.39, 0.29) is 5.97 Å². The highest BCUT2D eigenvalue weighted by Gasteiger charge is 2.52. The number of hydrogen-bond donors (Lipinski definition) is 1. The van der Waals surface area contributed by atoms with Gasteiger partial charge in [-0.3, -0.25) is 10.1 Å². The Morgan fingerprint density at radius 2 is 1.59 bits per heavy atom. The van der Waals surface area contributed by atoms with Crippen LogP contribution in [-0.2, 0) is 19.7 Å². The molecule has 0 saturated heterocycles. The number of aromatic nitrogens is 1. The van der Waals surface area contributed by atoms with Crippen LogP contribution in [-0.4, -0.2) is 24.2 Å². The molecule has 1 aliphatic rings. The molecule has 2 aromatic heterocycles. The van der Waals surface area contributed by atoms with Crippen molar-refractivity contribution in [2.45, 2.75) is 31.3 Å². The van der Waals surface area contributed by atoms with E-state index >= 15 is 0 Å². The zero-order valence-electron chi connectivity index (χ0n) is 22.5. The Bertz CT molecular complexity index is 1740. The molecule has 2 heterocycles. The molecule has 41 heavy (non-hydrogen) atoms. The maximum Gasteiger partial charge on any atom is 0.412 e. The number of pyridine rings is 1. The van der Waals surface area contributed by atoms with E-state index in [1.54, 1.807) is 25.3 Å². The summed E-state index contributed by atoms with van der Waals surface area (Å²) in [6.07, 6.45) is 2.06. The lowest BCUT2D eigenvalue weighted by molar-refractivity contribution is -0.143. The smallest absolute Gasteiger partial charge is 0.412 e. The summed E-state index contributed by atoms with van der Waals surface area (Å²) in [6.45, 7) is 1.77. The van der Waals surface area contributed by atoms with Crippen LogP contribution in [0.15, 0.2) is 95.5 Å². The van der Waals surface area contributed by atoms with E-state index in [9.17, 15) is 9.59 Å². The van der Waals surface area contributed by atoms with Gasteiger partial charge in [0.05, 0.1) is 17.9 Å². The van der Waals surface area contributed by atoms with Gasteiger partial charge in [0.15, 0.2) is 5.76 Å². The van der Waals surface area contributed by atoms with Crippen molar-refractivity contribution in [2.75, 3.05) is 12.4 Å². The highest BCUT2D eigenvalue weighted by molar-refractivity contribution is 6.31. The average molecular weight is 567 g/mol. The van der Waals surface area contributed by atoms with Crippen molar-refractivity contribution in [1.29, 1.82) is 0 Å². The number of amides is 1. The Hall–Kier alpha value is -4.62. The van der Waals surface area contributed by atoms with Crippen LogP contribution in [0.1, 0.15) is 37.0 Å². The molecule has 0 unspecified atom stereocenters. The number of ether oxygens (including phenoxy) is 2. The number of methoxy groups -OCH3 is 1. The van der Waals surface area contributed by atoms with E-state index in [1.807, 2.05) is 72.8 Å². The summed E-state index contributed by atoms with van der Waals surface area (Å²) in [5, 5.41) is 4.04. The van der Waals surface area contributed by atoms with Gasteiger partial charge in [-0.1, -0.05) is 78.3 Å². The van der Waals surface area contributed by atoms with Gasteiger partial charge in [0, 0.05) is 22.3 Å². The van der Waals surface area contributed by atoms with Gasteiger partial charge in [0.2, 0.25) is 5.71 Å². The first-order chi connectivity index (χ1) is 19.9. The summed E-state index contributed by atoms with van der Waals surface area (Å²) in [5.41, 5.74) is 4.84. The molecule has 0 bridgehead atoms. The molecule has 1 aliphatic carbocycles. The summed E-state index contributed by atoms with van der Waals surface area (Å²) in [7, 11) is 1.43. The van der Waals surface area contributed by atoms with E-state index in [1.165, 1.54) is 7.11 Å². The first-order valence-corrected chi connectivity index (χ1v) is 13.7. The minimum absolute atomic E-state index is 0.179. The van der Waals surface area contributed by atoms with Crippen molar-refractivity contribution < 1.29 is 23.5 Å². The molecule has 6 rings (SSSR count). The quantitative estimate of drug-likeness (QED) is 0.199. The molecule has 7 nitrogen and oxygen atoms in total. The Kier molecular flexibility index (Phi) is 6.97. The fourth-order valence-corrected chi connectivity index (χ4v) is 5.44. The SMILES string of the molecule is COC(=O)C1(c2ccc(-c3ccc(-c4oc5ncccc5c4NC(=O)O[C@H](C)c4ccccc4Cl)cc3)cc2)CC1. The van der Waals surface area contributed by atoms with Gasteiger partial charge in [0.1, 0.15) is 11.8 Å². The lowest BCUT2D eigenvalue weighted by atomic mass is 9.93. The van der Waals surface area contributed by atoms with Crippen LogP contribution < -0.4 is 5.32 Å². The number of rotatable bonds is 7. The molecular weight excluding hydrogens is 540 g/mol. The van der Waals surface area contributed by atoms with E-state index < -0.39 is 17.6 Å². The standard InChI is InChI=1S/C33H27ClN2O5/c1-20(25-6-3-4-8-27(25)34)40-32(38)36-28-26-7-5-19-35-30(26)41-29(28)23-11-9-21(10-12-23)22-13-15-24(16-14-22)33(17-18-33)31(37)39-2/h3-16,19-20H,17-18H2,1-2H3,(H,36,38)/t20-/m1/s1. The first kappa shape index (κ1) is 26.6. The van der Waals surface area contributed by atoms with Crippen LogP contribution in [0.2, 0.25) is 5.02 Å². The minimum Gasteiger partial charge on any atom is -0.468 e. The number of fused-ring (bicyclic) bond motifs is 1. The number of carbonyl (C=O) groups is 2. The normalized spacial score (nSPS) is 14.3. The molecule has 3 aromatic carbocycles. The van der Waals surface area contributed by atoms with E-state index in [2.05, 4.69) is 10.3 Å². The summed E-state index contributed by atoms with van der Waals surface area (Å²) in [4.78, 5) is 29.5. The van der Waals surface area contributed by atoms with Gasteiger partial charge in [-0.15, -0.1) is 0 Å². The molecule has 1 atom stereocenters. The fraction of sp³-hybridized carbons (Fsp3) is 0.182. The monoisotopic (exact) mass is 566 g/mol. The van der Waals surface area contributed by atoms with Crippen LogP contribution in [0.5, 0.6) is 0 Å². The van der Waals surface area contributed by atoms with Crippen molar-refractivity contribution >= 4 is 40.5 Å². The third-order valence-corrected chi connectivity index (χ3v) is 7.91. The topological polar surface area (TPSA) is 90.7 Å². The summed E-state index contributed by atoms with van der Waals surface area (Å²) in [6, 6.07) is 26.7. The third kappa shape index (κ3) is 5.05. The van der Waals surface area contributed by atoms with Gasteiger partial charge in [-0.2, -0.15) is 0 Å². The van der Waals surface area contributed by atoms with Gasteiger partial charge >= 0.3 is 12.1 Å². The summed E-state index contributed by atoms with van der Waals surface area (Å²) < 4.78 is 16.7. The molecule has 0 radical (unpaired) electrons. The Morgan fingerprint density at radius 1 is 0.927 bits per heavy atom. The number of benzene rings is 3. The summed E-state index contributed by atoms with van der Waals surface area (Å²) >= 11 is 6.28. The fourth-order valence-electron chi connectivity index (χ4n) is 5.15. The number of nitrogens with one attached hydrogen (secondary N) is 1. The average Bonchev–Trinajstić information content (AvgIpc) is 3.74. The second kappa shape index (κ2) is 10.7. The second-order valence-electron chi connectivity index (χ2n) is 10.1. The molecular formula is C33H27ClN2O5. The van der Waals surface area contributed by atoms with E-state index in [0.717, 1.165) is 35.1 Å². The van der Waals surface area contributed by atoms with Crippen molar-refractivity contribution in [3.63, 3.8) is 0 Å². The second-order valence-corrected chi connectivity index (χ2v) is 10.5. The van der Waals surface area contributed by atoms with Crippen molar-refractivity contribution in [1.82, 2.24) is 4.98 Å². The molecule has 8 heteroatoms. The van der Waals surface area contributed by atoms with Crippen LogP contribution in [0.25, 0.3) is 33.6 Å². The van der Waals surface area contributed by atoms with Crippen LogP contribution in [0, 0.1) is 0 Å². The molecule has 206 valence electrons. The number of carbonyl (C=O) groups excluding carboxylic acids is 2. The molecule has 0 spiro atoms.